The van der Waals surface area contributed by atoms with Crippen molar-refractivity contribution in [2.45, 2.75) is 0 Å². The highest BCUT2D eigenvalue weighted by Gasteiger charge is 2.18. The molecular weight excluding hydrogens is 657 g/mol. The highest BCUT2D eigenvalue weighted by atomic mass is 32.1. The highest BCUT2D eigenvalue weighted by Crippen LogP contribution is 2.39. The van der Waals surface area contributed by atoms with Crippen molar-refractivity contribution < 1.29 is 8.83 Å². The van der Waals surface area contributed by atoms with Crippen molar-refractivity contribution in [3.05, 3.63) is 154 Å². The summed E-state index contributed by atoms with van der Waals surface area (Å²) in [5, 5.41) is 6.35. The number of hydrogen-bond acceptors (Lipinski definition) is 6. The minimum atomic E-state index is -0.230. The van der Waals surface area contributed by atoms with E-state index in [4.69, 9.17) is 8.83 Å². The molecule has 0 atom stereocenters. The first-order valence-electron chi connectivity index (χ1n) is 16.3. The summed E-state index contributed by atoms with van der Waals surface area (Å²) < 4.78 is 17.6. The summed E-state index contributed by atoms with van der Waals surface area (Å²) in [7, 11) is 0. The van der Waals surface area contributed by atoms with Crippen molar-refractivity contribution in [2.75, 3.05) is 0 Å². The average molecular weight is 679 g/mol. The summed E-state index contributed by atoms with van der Waals surface area (Å²) in [6.07, 6.45) is 0. The molecule has 0 unspecified atom stereocenters. The van der Waals surface area contributed by atoms with Crippen molar-refractivity contribution in [2.24, 2.45) is 0 Å². The lowest BCUT2D eigenvalue weighted by atomic mass is 9.99. The van der Waals surface area contributed by atoms with Gasteiger partial charge in [0.25, 0.3) is 0 Å². The number of fused-ring (bicyclic) bond motifs is 11. The van der Waals surface area contributed by atoms with Crippen LogP contribution in [0.1, 0.15) is 0 Å². The first-order valence-corrected chi connectivity index (χ1v) is 17.9. The standard InChI is InChI=1S/C44H22O4S2/c45-42-29-13-16-36-41(43(46)33-22-24(9-14-34(33)47-36)26-12-18-40-31(20-26)28-6-2-4-8-38(28)50-40)44(29)48-35-15-10-23(21-32(35)42)25-11-17-39-30(19-25)27-5-1-3-7-37(27)49-39/h1-22H. The fourth-order valence-corrected chi connectivity index (χ4v) is 9.59. The van der Waals surface area contributed by atoms with Gasteiger partial charge in [-0.2, -0.15) is 0 Å². The molecule has 4 aromatic heterocycles. The van der Waals surface area contributed by atoms with Gasteiger partial charge in [0, 0.05) is 40.3 Å². The summed E-state index contributed by atoms with van der Waals surface area (Å²) in [6, 6.07) is 44.5. The van der Waals surface area contributed by atoms with Gasteiger partial charge in [-0.15, -0.1) is 22.7 Å². The third-order valence-corrected chi connectivity index (χ3v) is 12.2. The molecule has 0 N–H and O–H groups in total. The van der Waals surface area contributed by atoms with Gasteiger partial charge in [-0.1, -0.05) is 60.7 Å². The molecule has 0 aliphatic heterocycles. The molecule has 7 aromatic carbocycles. The fourth-order valence-electron chi connectivity index (χ4n) is 7.42. The summed E-state index contributed by atoms with van der Waals surface area (Å²) in [5.41, 5.74) is 4.98. The van der Waals surface area contributed by atoms with Gasteiger partial charge in [0.15, 0.2) is 5.58 Å². The zero-order valence-electron chi connectivity index (χ0n) is 26.2. The Bertz CT molecular complexity index is 3380. The van der Waals surface area contributed by atoms with Crippen LogP contribution in [0.5, 0.6) is 0 Å². The van der Waals surface area contributed by atoms with E-state index in [9.17, 15) is 9.59 Å². The Labute approximate surface area is 290 Å². The van der Waals surface area contributed by atoms with Crippen LogP contribution in [0, 0.1) is 0 Å². The average Bonchev–Trinajstić information content (AvgIpc) is 3.72. The first-order chi connectivity index (χ1) is 24.6. The normalized spacial score (nSPS) is 12.2. The Morgan fingerprint density at radius 3 is 1.42 bits per heavy atom. The molecule has 0 saturated heterocycles. The van der Waals surface area contributed by atoms with Crippen molar-refractivity contribution in [3.63, 3.8) is 0 Å². The van der Waals surface area contributed by atoms with Gasteiger partial charge in [-0.05, 0) is 95.1 Å². The Balaban J connectivity index is 1.08. The smallest absolute Gasteiger partial charge is 0.204 e. The Morgan fingerprint density at radius 1 is 0.360 bits per heavy atom. The Morgan fingerprint density at radius 2 is 0.820 bits per heavy atom. The molecular formula is C44H22O4S2. The van der Waals surface area contributed by atoms with E-state index in [-0.39, 0.29) is 21.8 Å². The molecule has 0 fully saturated rings. The third-order valence-electron chi connectivity index (χ3n) is 9.89. The lowest BCUT2D eigenvalue weighted by molar-refractivity contribution is 0.649. The zero-order chi connectivity index (χ0) is 33.1. The van der Waals surface area contributed by atoms with E-state index in [1.807, 2.05) is 36.4 Å². The van der Waals surface area contributed by atoms with E-state index >= 15 is 0 Å². The summed E-state index contributed by atoms with van der Waals surface area (Å²) >= 11 is 3.55. The van der Waals surface area contributed by atoms with Crippen LogP contribution >= 0.6 is 22.7 Å². The zero-order valence-corrected chi connectivity index (χ0v) is 27.8. The molecule has 0 saturated carbocycles. The quantitative estimate of drug-likeness (QED) is 0.135. The second-order valence-electron chi connectivity index (χ2n) is 12.7. The largest absolute Gasteiger partial charge is 0.456 e. The highest BCUT2D eigenvalue weighted by molar-refractivity contribution is 7.26. The molecule has 0 aliphatic carbocycles. The molecule has 50 heavy (non-hydrogen) atoms. The SMILES string of the molecule is O=c1c2cc(-c3ccc4sc5ccccc5c4c3)ccc2oc2c1ccc1oc3ccc(-c4ccc5sc6ccccc6c5c4)cc3c(=O)c12. The molecule has 0 radical (unpaired) electrons. The van der Waals surface area contributed by atoms with Crippen molar-refractivity contribution >= 4 is 107 Å². The van der Waals surface area contributed by atoms with Crippen LogP contribution in [0.25, 0.3) is 106 Å². The van der Waals surface area contributed by atoms with Crippen molar-refractivity contribution in [1.82, 2.24) is 0 Å². The van der Waals surface area contributed by atoms with E-state index in [0.29, 0.717) is 32.9 Å². The second kappa shape index (κ2) is 10.2. The van der Waals surface area contributed by atoms with Gasteiger partial charge in [0.1, 0.15) is 22.1 Å². The maximum Gasteiger partial charge on any atom is 0.204 e. The number of benzene rings is 7. The summed E-state index contributed by atoms with van der Waals surface area (Å²) in [5.74, 6) is 0. The number of thiophene rings is 2. The van der Waals surface area contributed by atoms with Crippen LogP contribution in [0.4, 0.5) is 0 Å². The number of hydrogen-bond donors (Lipinski definition) is 0. The molecule has 0 bridgehead atoms. The lowest BCUT2D eigenvalue weighted by Crippen LogP contribution is -2.07. The second-order valence-corrected chi connectivity index (χ2v) is 14.9. The molecule has 4 heterocycles. The van der Waals surface area contributed by atoms with Crippen LogP contribution in [-0.4, -0.2) is 0 Å². The van der Waals surface area contributed by atoms with Gasteiger partial charge in [-0.3, -0.25) is 9.59 Å². The molecule has 11 aromatic rings. The predicted molar refractivity (Wildman–Crippen MR) is 210 cm³/mol. The first kappa shape index (κ1) is 27.8. The van der Waals surface area contributed by atoms with Crippen molar-refractivity contribution in [1.29, 1.82) is 0 Å². The van der Waals surface area contributed by atoms with Crippen LogP contribution in [-0.2, 0) is 0 Å². The van der Waals surface area contributed by atoms with Gasteiger partial charge in [-0.25, -0.2) is 0 Å². The molecule has 4 nitrogen and oxygen atoms in total. The lowest BCUT2D eigenvalue weighted by Gasteiger charge is -2.09. The van der Waals surface area contributed by atoms with E-state index in [1.54, 1.807) is 34.8 Å². The molecule has 0 aliphatic rings. The monoisotopic (exact) mass is 678 g/mol. The number of rotatable bonds is 2. The molecule has 11 rings (SSSR count). The van der Waals surface area contributed by atoms with E-state index < -0.39 is 0 Å². The Kier molecular flexibility index (Phi) is 5.69. The topological polar surface area (TPSA) is 60.4 Å². The van der Waals surface area contributed by atoms with Gasteiger partial charge in [0.05, 0.1) is 16.2 Å². The van der Waals surface area contributed by atoms with Gasteiger partial charge in [0.2, 0.25) is 10.9 Å². The van der Waals surface area contributed by atoms with Crippen LogP contribution < -0.4 is 10.9 Å². The third kappa shape index (κ3) is 3.97. The Hall–Kier alpha value is -6.08. The maximum atomic E-state index is 14.3. The summed E-state index contributed by atoms with van der Waals surface area (Å²) in [4.78, 5) is 28.3. The van der Waals surface area contributed by atoms with Crippen molar-refractivity contribution in [3.8, 4) is 22.3 Å². The minimum absolute atomic E-state index is 0.184. The van der Waals surface area contributed by atoms with Crippen LogP contribution in [0.15, 0.2) is 152 Å². The molecule has 6 heteroatoms. The molecule has 234 valence electrons. The molecule has 0 spiro atoms. The minimum Gasteiger partial charge on any atom is -0.456 e. The maximum absolute atomic E-state index is 14.3. The fraction of sp³-hybridized carbons (Fsp3) is 0. The van der Waals surface area contributed by atoms with E-state index in [1.165, 1.54) is 40.3 Å². The predicted octanol–water partition coefficient (Wildman–Crippen LogP) is 12.3. The van der Waals surface area contributed by atoms with Crippen LogP contribution in [0.3, 0.4) is 0 Å². The van der Waals surface area contributed by atoms with E-state index in [2.05, 4.69) is 84.9 Å². The van der Waals surface area contributed by atoms with E-state index in [0.717, 1.165) is 22.3 Å². The van der Waals surface area contributed by atoms with Gasteiger partial charge >= 0.3 is 0 Å². The molecule has 0 amide bonds. The summed E-state index contributed by atoms with van der Waals surface area (Å²) in [6.45, 7) is 0. The van der Waals surface area contributed by atoms with Gasteiger partial charge < -0.3 is 8.83 Å². The van der Waals surface area contributed by atoms with Crippen LogP contribution in [0.2, 0.25) is 0 Å².